The Morgan fingerprint density at radius 3 is 2.78 bits per heavy atom. The van der Waals surface area contributed by atoms with Gasteiger partial charge in [0, 0.05) is 17.3 Å². The van der Waals surface area contributed by atoms with Crippen LogP contribution in [0.2, 0.25) is 0 Å². The summed E-state index contributed by atoms with van der Waals surface area (Å²) >= 11 is 0. The summed E-state index contributed by atoms with van der Waals surface area (Å²) in [5, 5.41) is 1.05. The number of pyridine rings is 1. The van der Waals surface area contributed by atoms with Crippen LogP contribution in [0.25, 0.3) is 10.9 Å². The maximum Gasteiger partial charge on any atom is 0.130 e. The lowest BCUT2D eigenvalue weighted by Crippen LogP contribution is -2.19. The van der Waals surface area contributed by atoms with Gasteiger partial charge in [-0.3, -0.25) is 4.98 Å². The minimum atomic E-state index is 0.363. The first kappa shape index (κ1) is 11.3. The van der Waals surface area contributed by atoms with Crippen LogP contribution in [0.15, 0.2) is 30.5 Å². The highest BCUT2D eigenvalue weighted by atomic mass is 16.5. The van der Waals surface area contributed by atoms with Gasteiger partial charge in [0.05, 0.1) is 11.6 Å². The second-order valence-electron chi connectivity index (χ2n) is 4.96. The predicted octanol–water partition coefficient (Wildman–Crippen LogP) is 3.53. The van der Waals surface area contributed by atoms with Crippen LogP contribution in [0.1, 0.15) is 32.1 Å². The summed E-state index contributed by atoms with van der Waals surface area (Å²) in [5.74, 6) is 0.937. The fourth-order valence-corrected chi connectivity index (χ4v) is 2.60. The Kier molecular flexibility index (Phi) is 3.05. The molecular weight excluding hydrogens is 224 g/mol. The van der Waals surface area contributed by atoms with E-state index in [9.17, 15) is 0 Å². The maximum absolute atomic E-state index is 6.13. The first-order valence-electron chi connectivity index (χ1n) is 6.64. The zero-order valence-corrected chi connectivity index (χ0v) is 10.4. The molecule has 1 aliphatic carbocycles. The van der Waals surface area contributed by atoms with Crippen molar-refractivity contribution in [1.82, 2.24) is 4.98 Å². The van der Waals surface area contributed by atoms with Gasteiger partial charge in [0.2, 0.25) is 0 Å². The molecule has 0 spiro atoms. The van der Waals surface area contributed by atoms with Gasteiger partial charge in [0.1, 0.15) is 5.75 Å². The lowest BCUT2D eigenvalue weighted by molar-refractivity contribution is 0.157. The van der Waals surface area contributed by atoms with Gasteiger partial charge >= 0.3 is 0 Å². The molecule has 2 aromatic rings. The highest BCUT2D eigenvalue weighted by Gasteiger charge is 2.16. The fourth-order valence-electron chi connectivity index (χ4n) is 2.60. The topological polar surface area (TPSA) is 48.1 Å². The van der Waals surface area contributed by atoms with Crippen molar-refractivity contribution in [3.05, 3.63) is 30.5 Å². The lowest BCUT2D eigenvalue weighted by Gasteiger charge is -2.23. The van der Waals surface area contributed by atoms with E-state index in [-0.39, 0.29) is 0 Å². The standard InChI is InChI=1S/C15H18N2O/c16-11-6-7-13-14(10-11)17-9-8-15(13)18-12-4-2-1-3-5-12/h6-10,12H,1-5,16H2. The van der Waals surface area contributed by atoms with Crippen molar-refractivity contribution < 1.29 is 4.74 Å². The Bertz CT molecular complexity index is 547. The molecule has 0 amide bonds. The third-order valence-electron chi connectivity index (χ3n) is 3.57. The number of hydrogen-bond acceptors (Lipinski definition) is 3. The molecule has 1 saturated carbocycles. The summed E-state index contributed by atoms with van der Waals surface area (Å²) in [5.41, 5.74) is 7.42. The zero-order chi connectivity index (χ0) is 12.4. The number of aromatic nitrogens is 1. The minimum Gasteiger partial charge on any atom is -0.490 e. The van der Waals surface area contributed by atoms with E-state index in [0.29, 0.717) is 6.10 Å². The van der Waals surface area contributed by atoms with Crippen LogP contribution in [0.3, 0.4) is 0 Å². The van der Waals surface area contributed by atoms with Crippen LogP contribution in [0, 0.1) is 0 Å². The van der Waals surface area contributed by atoms with Crippen molar-refractivity contribution >= 4 is 16.6 Å². The molecule has 0 bridgehead atoms. The number of rotatable bonds is 2. The molecule has 0 aliphatic heterocycles. The Hall–Kier alpha value is -1.77. The Morgan fingerprint density at radius 1 is 1.11 bits per heavy atom. The van der Waals surface area contributed by atoms with Crippen molar-refractivity contribution in [1.29, 1.82) is 0 Å². The molecule has 1 heterocycles. The molecule has 1 aliphatic rings. The summed E-state index contributed by atoms with van der Waals surface area (Å²) < 4.78 is 6.13. The Labute approximate surface area is 107 Å². The molecule has 94 valence electrons. The maximum atomic E-state index is 6.13. The largest absolute Gasteiger partial charge is 0.490 e. The van der Waals surface area contributed by atoms with Crippen LogP contribution in [-0.2, 0) is 0 Å². The van der Waals surface area contributed by atoms with E-state index in [4.69, 9.17) is 10.5 Å². The Morgan fingerprint density at radius 2 is 1.94 bits per heavy atom. The molecule has 0 radical (unpaired) electrons. The van der Waals surface area contributed by atoms with Crippen molar-refractivity contribution in [3.63, 3.8) is 0 Å². The van der Waals surface area contributed by atoms with Crippen LogP contribution in [-0.4, -0.2) is 11.1 Å². The molecule has 0 saturated heterocycles. The van der Waals surface area contributed by atoms with Crippen molar-refractivity contribution in [2.75, 3.05) is 5.73 Å². The smallest absolute Gasteiger partial charge is 0.130 e. The number of anilines is 1. The number of fused-ring (bicyclic) bond motifs is 1. The van der Waals surface area contributed by atoms with Gasteiger partial charge in [0.15, 0.2) is 0 Å². The monoisotopic (exact) mass is 242 g/mol. The summed E-state index contributed by atoms with van der Waals surface area (Å²) in [7, 11) is 0. The molecule has 3 rings (SSSR count). The predicted molar refractivity (Wildman–Crippen MR) is 73.7 cm³/mol. The van der Waals surface area contributed by atoms with Crippen LogP contribution >= 0.6 is 0 Å². The molecule has 1 fully saturated rings. The van der Waals surface area contributed by atoms with Crippen molar-refractivity contribution in [3.8, 4) is 5.75 Å². The first-order chi connectivity index (χ1) is 8.83. The van der Waals surface area contributed by atoms with E-state index in [1.807, 2.05) is 24.3 Å². The summed E-state index contributed by atoms with van der Waals surface area (Å²) in [6.07, 6.45) is 8.38. The highest BCUT2D eigenvalue weighted by Crippen LogP contribution is 2.29. The SMILES string of the molecule is Nc1ccc2c(OC3CCCCC3)ccnc2c1. The van der Waals surface area contributed by atoms with Gasteiger partial charge < -0.3 is 10.5 Å². The van der Waals surface area contributed by atoms with Crippen molar-refractivity contribution in [2.24, 2.45) is 0 Å². The van der Waals surface area contributed by atoms with Crippen LogP contribution in [0.5, 0.6) is 5.75 Å². The Balaban J connectivity index is 1.91. The molecule has 3 nitrogen and oxygen atoms in total. The van der Waals surface area contributed by atoms with Crippen LogP contribution < -0.4 is 10.5 Å². The number of nitrogens with two attached hydrogens (primary N) is 1. The molecule has 1 aromatic carbocycles. The molecule has 3 heteroatoms. The van der Waals surface area contributed by atoms with E-state index in [2.05, 4.69) is 4.98 Å². The number of nitrogens with zero attached hydrogens (tertiary/aromatic N) is 1. The number of ether oxygens (including phenoxy) is 1. The summed E-state index contributed by atoms with van der Waals surface area (Å²) in [6, 6.07) is 7.74. The molecule has 2 N–H and O–H groups in total. The van der Waals surface area contributed by atoms with Gasteiger partial charge in [-0.15, -0.1) is 0 Å². The van der Waals surface area contributed by atoms with E-state index in [1.165, 1.54) is 32.1 Å². The number of nitrogen functional groups attached to an aromatic ring is 1. The summed E-state index contributed by atoms with van der Waals surface area (Å²) in [6.45, 7) is 0. The van der Waals surface area contributed by atoms with Gasteiger partial charge in [-0.05, 0) is 49.9 Å². The molecule has 18 heavy (non-hydrogen) atoms. The van der Waals surface area contributed by atoms with E-state index in [1.54, 1.807) is 6.20 Å². The average Bonchev–Trinajstić information content (AvgIpc) is 2.40. The zero-order valence-electron chi connectivity index (χ0n) is 10.4. The second kappa shape index (κ2) is 4.84. The third kappa shape index (κ3) is 2.26. The summed E-state index contributed by atoms with van der Waals surface area (Å²) in [4.78, 5) is 4.34. The first-order valence-corrected chi connectivity index (χ1v) is 6.64. The minimum absolute atomic E-state index is 0.363. The highest BCUT2D eigenvalue weighted by molar-refractivity contribution is 5.87. The van der Waals surface area contributed by atoms with E-state index in [0.717, 1.165) is 22.3 Å². The normalized spacial score (nSPS) is 16.9. The number of benzene rings is 1. The lowest BCUT2D eigenvalue weighted by atomic mass is 9.98. The van der Waals surface area contributed by atoms with Crippen LogP contribution in [0.4, 0.5) is 5.69 Å². The third-order valence-corrected chi connectivity index (χ3v) is 3.57. The average molecular weight is 242 g/mol. The quantitative estimate of drug-likeness (QED) is 0.819. The van der Waals surface area contributed by atoms with Gasteiger partial charge in [-0.1, -0.05) is 6.42 Å². The second-order valence-corrected chi connectivity index (χ2v) is 4.96. The molecule has 1 aromatic heterocycles. The van der Waals surface area contributed by atoms with E-state index < -0.39 is 0 Å². The van der Waals surface area contributed by atoms with Gasteiger partial charge in [0.25, 0.3) is 0 Å². The van der Waals surface area contributed by atoms with Gasteiger partial charge in [-0.25, -0.2) is 0 Å². The molecule has 0 unspecified atom stereocenters. The molecule has 0 atom stereocenters. The van der Waals surface area contributed by atoms with Crippen molar-refractivity contribution in [2.45, 2.75) is 38.2 Å². The van der Waals surface area contributed by atoms with Gasteiger partial charge in [-0.2, -0.15) is 0 Å². The molecular formula is C15H18N2O. The fraction of sp³-hybridized carbons (Fsp3) is 0.400. The number of hydrogen-bond donors (Lipinski definition) is 1. The van der Waals surface area contributed by atoms with E-state index >= 15 is 0 Å².